The van der Waals surface area contributed by atoms with Gasteiger partial charge in [-0.2, -0.15) is 0 Å². The summed E-state index contributed by atoms with van der Waals surface area (Å²) in [5, 5.41) is 0. The highest BCUT2D eigenvalue weighted by atomic mass is 127. The van der Waals surface area contributed by atoms with E-state index in [0.29, 0.717) is 0 Å². The van der Waals surface area contributed by atoms with Crippen LogP contribution in [0.3, 0.4) is 0 Å². The second-order valence-electron chi connectivity index (χ2n) is 1.08. The Bertz CT molecular complexity index is 29.9. The zero-order valence-corrected chi connectivity index (χ0v) is 5.89. The maximum absolute atomic E-state index is 3.47. The standard InChI is InChI=1S/C3H8N.HI/c1-4(2)3;/h1H2,2-3H3;1H/q+1;. The van der Waals surface area contributed by atoms with Gasteiger partial charge >= 0.3 is 0 Å². The van der Waals surface area contributed by atoms with Gasteiger partial charge in [-0.3, -0.25) is 0 Å². The molecule has 0 N–H and O–H groups in total. The van der Waals surface area contributed by atoms with E-state index in [0.717, 1.165) is 0 Å². The van der Waals surface area contributed by atoms with Crippen molar-refractivity contribution in [3.63, 3.8) is 0 Å². The van der Waals surface area contributed by atoms with Gasteiger partial charge in [0, 0.05) is 0 Å². The van der Waals surface area contributed by atoms with Crippen LogP contribution in [0, 0.1) is 0 Å². The summed E-state index contributed by atoms with van der Waals surface area (Å²) in [5.41, 5.74) is 0. The van der Waals surface area contributed by atoms with Crippen molar-refractivity contribution in [1.82, 2.24) is 0 Å². The molecule has 0 unspecified atom stereocenters. The van der Waals surface area contributed by atoms with E-state index in [1.165, 1.54) is 0 Å². The highest BCUT2D eigenvalue weighted by Crippen LogP contribution is 1.30. The van der Waals surface area contributed by atoms with E-state index in [9.17, 15) is 0 Å². The molecule has 0 spiro atoms. The summed E-state index contributed by atoms with van der Waals surface area (Å²) in [5.74, 6) is 0. The number of halogens is 1. The highest BCUT2D eigenvalue weighted by Gasteiger charge is 1.53. The van der Waals surface area contributed by atoms with Crippen molar-refractivity contribution in [3.8, 4) is 0 Å². The minimum atomic E-state index is 0. The lowest BCUT2D eigenvalue weighted by molar-refractivity contribution is -0.454. The van der Waals surface area contributed by atoms with Gasteiger partial charge in [0.2, 0.25) is 0 Å². The molecular weight excluding hydrogens is 177 g/mol. The summed E-state index contributed by atoms with van der Waals surface area (Å²) in [6, 6.07) is 0. The number of hydrogen-bond acceptors (Lipinski definition) is 0. The Labute approximate surface area is 49.7 Å². The fourth-order valence-corrected chi connectivity index (χ4v) is 0. The topological polar surface area (TPSA) is 3.01 Å². The minimum absolute atomic E-state index is 0. The van der Waals surface area contributed by atoms with Crippen LogP contribution in [0.5, 0.6) is 0 Å². The average molecular weight is 186 g/mol. The van der Waals surface area contributed by atoms with Crippen molar-refractivity contribution in [2.24, 2.45) is 0 Å². The van der Waals surface area contributed by atoms with Crippen LogP contribution in [0.4, 0.5) is 0 Å². The molecule has 1 nitrogen and oxygen atoms in total. The Morgan fingerprint density at radius 2 is 1.40 bits per heavy atom. The average Bonchev–Trinajstić information content (AvgIpc) is 0.811. The van der Waals surface area contributed by atoms with Crippen molar-refractivity contribution >= 4 is 30.7 Å². The Kier molecular flexibility index (Phi) is 7.96. The van der Waals surface area contributed by atoms with Crippen LogP contribution < -0.4 is 0 Å². The van der Waals surface area contributed by atoms with Crippen LogP contribution >= 0.6 is 24.0 Å². The predicted molar refractivity (Wildman–Crippen MR) is 34.6 cm³/mol. The third kappa shape index (κ3) is 158. The van der Waals surface area contributed by atoms with Gasteiger partial charge in [0.25, 0.3) is 0 Å². The smallest absolute Gasteiger partial charge is 0.131 e. The summed E-state index contributed by atoms with van der Waals surface area (Å²) >= 11 is 0. The van der Waals surface area contributed by atoms with Crippen molar-refractivity contribution in [2.75, 3.05) is 14.1 Å². The van der Waals surface area contributed by atoms with E-state index in [1.54, 1.807) is 4.58 Å². The number of rotatable bonds is 0. The molecular formula is C3H9IN+. The first-order valence-corrected chi connectivity index (χ1v) is 1.21. The molecule has 0 saturated heterocycles. The molecule has 0 aliphatic heterocycles. The molecule has 0 radical (unpaired) electrons. The molecule has 5 heavy (non-hydrogen) atoms. The van der Waals surface area contributed by atoms with Crippen molar-refractivity contribution in [2.45, 2.75) is 0 Å². The van der Waals surface area contributed by atoms with Crippen molar-refractivity contribution in [1.29, 1.82) is 0 Å². The quantitative estimate of drug-likeness (QED) is 0.295. The van der Waals surface area contributed by atoms with E-state index in [4.69, 9.17) is 0 Å². The molecule has 2 heteroatoms. The summed E-state index contributed by atoms with van der Waals surface area (Å²) in [6.07, 6.45) is 0. The number of nitrogens with zero attached hydrogens (tertiary/aromatic N) is 1. The van der Waals surface area contributed by atoms with Crippen LogP contribution in [0.25, 0.3) is 0 Å². The van der Waals surface area contributed by atoms with E-state index in [1.807, 2.05) is 14.1 Å². The van der Waals surface area contributed by atoms with Gasteiger partial charge in [0.05, 0.1) is 0 Å². The van der Waals surface area contributed by atoms with Gasteiger partial charge in [-0.25, -0.2) is 4.58 Å². The van der Waals surface area contributed by atoms with Crippen LogP contribution in [0.2, 0.25) is 0 Å². The maximum Gasteiger partial charge on any atom is 0.131 e. The van der Waals surface area contributed by atoms with Crippen molar-refractivity contribution < 1.29 is 4.58 Å². The summed E-state index contributed by atoms with van der Waals surface area (Å²) in [6.45, 7) is 3.47. The Morgan fingerprint density at radius 3 is 1.40 bits per heavy atom. The molecule has 0 aromatic rings. The zero-order valence-electron chi connectivity index (χ0n) is 3.56. The van der Waals surface area contributed by atoms with Gasteiger partial charge < -0.3 is 0 Å². The second-order valence-corrected chi connectivity index (χ2v) is 1.08. The lowest BCUT2D eigenvalue weighted by Gasteiger charge is -1.65. The van der Waals surface area contributed by atoms with Crippen LogP contribution in [-0.2, 0) is 0 Å². The largest absolute Gasteiger partial charge is 0.248 e. The van der Waals surface area contributed by atoms with Gasteiger partial charge in [-0.15, -0.1) is 24.0 Å². The first kappa shape index (κ1) is 9.04. The second kappa shape index (κ2) is 4.40. The fourth-order valence-electron chi connectivity index (χ4n) is 0. The molecule has 0 aromatic heterocycles. The van der Waals surface area contributed by atoms with E-state index < -0.39 is 0 Å². The highest BCUT2D eigenvalue weighted by molar-refractivity contribution is 14.0. The summed E-state index contributed by atoms with van der Waals surface area (Å²) < 4.78 is 1.75. The molecule has 32 valence electrons. The van der Waals surface area contributed by atoms with E-state index in [-0.39, 0.29) is 24.0 Å². The summed E-state index contributed by atoms with van der Waals surface area (Å²) in [7, 11) is 3.78. The van der Waals surface area contributed by atoms with Gasteiger partial charge in [0.15, 0.2) is 0 Å². The molecule has 0 atom stereocenters. The molecule has 0 bridgehead atoms. The normalized spacial score (nSPS) is 5.20. The molecule has 0 amide bonds. The molecule has 0 fully saturated rings. The molecule has 0 rings (SSSR count). The minimum Gasteiger partial charge on any atom is -0.248 e. The Morgan fingerprint density at radius 1 is 1.40 bits per heavy atom. The predicted octanol–water partition coefficient (Wildman–Crippen LogP) is 0.577. The molecule has 0 saturated carbocycles. The van der Waals surface area contributed by atoms with E-state index in [2.05, 4.69) is 6.72 Å². The fraction of sp³-hybridized carbons (Fsp3) is 0.667. The molecule has 0 heterocycles. The lowest BCUT2D eigenvalue weighted by atomic mass is 11.1. The number of hydrogen-bond donors (Lipinski definition) is 0. The Balaban J connectivity index is 0. The molecule has 0 aliphatic carbocycles. The third-order valence-corrected chi connectivity index (χ3v) is 0. The first-order chi connectivity index (χ1) is 1.73. The zero-order chi connectivity index (χ0) is 3.58. The van der Waals surface area contributed by atoms with E-state index >= 15 is 0 Å². The maximum atomic E-state index is 3.47. The SMILES string of the molecule is C=[N+](C)C.I. The van der Waals surface area contributed by atoms with Crippen LogP contribution in [0.1, 0.15) is 0 Å². The molecule has 0 aromatic carbocycles. The molecule has 0 aliphatic rings. The monoisotopic (exact) mass is 186 g/mol. The summed E-state index contributed by atoms with van der Waals surface area (Å²) in [4.78, 5) is 0. The lowest BCUT2D eigenvalue weighted by Crippen LogP contribution is -1.86. The van der Waals surface area contributed by atoms with Gasteiger partial charge in [-0.05, 0) is 0 Å². The van der Waals surface area contributed by atoms with Crippen molar-refractivity contribution in [3.05, 3.63) is 0 Å². The van der Waals surface area contributed by atoms with Crippen LogP contribution in [-0.4, -0.2) is 25.4 Å². The first-order valence-electron chi connectivity index (χ1n) is 1.21. The Hall–Kier alpha value is 0.400. The van der Waals surface area contributed by atoms with Gasteiger partial charge in [0.1, 0.15) is 20.8 Å². The third-order valence-electron chi connectivity index (χ3n) is 0. The van der Waals surface area contributed by atoms with Gasteiger partial charge in [-0.1, -0.05) is 0 Å². The van der Waals surface area contributed by atoms with Crippen LogP contribution in [0.15, 0.2) is 0 Å².